The normalized spacial score (nSPS) is 16.2. The van der Waals surface area contributed by atoms with Gasteiger partial charge in [0.1, 0.15) is 4.90 Å². The topological polar surface area (TPSA) is 83.6 Å². The van der Waals surface area contributed by atoms with Gasteiger partial charge in [-0.15, -0.1) is 0 Å². The molecule has 1 aromatic carbocycles. The Balaban J connectivity index is 2.46. The van der Waals surface area contributed by atoms with Crippen LogP contribution < -0.4 is 5.32 Å². The molecule has 0 aliphatic carbocycles. The predicted octanol–water partition coefficient (Wildman–Crippen LogP) is 1.38. The highest BCUT2D eigenvalue weighted by Crippen LogP contribution is 2.31. The number of hydrogen-bond donors (Lipinski definition) is 1. The molecule has 0 aromatic heterocycles. The van der Waals surface area contributed by atoms with Crippen LogP contribution in [-0.2, 0) is 10.0 Å². The first-order chi connectivity index (χ1) is 9.78. The largest absolute Gasteiger partial charge is 0.350 e. The quantitative estimate of drug-likeness (QED) is 0.910. The van der Waals surface area contributed by atoms with Crippen LogP contribution in [0, 0.1) is 0 Å². The number of sulfonamides is 1. The lowest BCUT2D eigenvalue weighted by atomic mass is 10.1. The van der Waals surface area contributed by atoms with Gasteiger partial charge in [0, 0.05) is 18.2 Å². The molecular weight excluding hydrogens is 292 g/mol. The second-order valence-electron chi connectivity index (χ2n) is 5.22. The fourth-order valence-corrected chi connectivity index (χ4v) is 3.87. The number of fused-ring (bicyclic) bond motifs is 1. The van der Waals surface area contributed by atoms with Crippen molar-refractivity contribution >= 4 is 21.8 Å². The number of nitrogens with zero attached hydrogens (tertiary/aromatic N) is 1. The van der Waals surface area contributed by atoms with Crippen LogP contribution in [0.4, 0.5) is 0 Å². The van der Waals surface area contributed by atoms with E-state index in [1.165, 1.54) is 18.2 Å². The Kier molecular flexibility index (Phi) is 4.04. The summed E-state index contributed by atoms with van der Waals surface area (Å²) in [4.78, 5) is 24.0. The fraction of sp³-hybridized carbons (Fsp3) is 0.429. The van der Waals surface area contributed by atoms with Crippen molar-refractivity contribution in [1.82, 2.24) is 9.62 Å². The van der Waals surface area contributed by atoms with Crippen LogP contribution in [0.3, 0.4) is 0 Å². The monoisotopic (exact) mass is 310 g/mol. The van der Waals surface area contributed by atoms with Crippen molar-refractivity contribution in [3.05, 3.63) is 29.3 Å². The average molecular weight is 310 g/mol. The molecule has 0 bridgehead atoms. The van der Waals surface area contributed by atoms with Gasteiger partial charge in [-0.05, 0) is 38.5 Å². The highest BCUT2D eigenvalue weighted by molar-refractivity contribution is 7.90. The van der Waals surface area contributed by atoms with E-state index >= 15 is 0 Å². The van der Waals surface area contributed by atoms with Gasteiger partial charge in [-0.1, -0.05) is 6.92 Å². The molecule has 114 valence electrons. The summed E-state index contributed by atoms with van der Waals surface area (Å²) >= 11 is 0. The lowest BCUT2D eigenvalue weighted by molar-refractivity contribution is 0.0869. The number of amides is 2. The molecule has 0 atom stereocenters. The number of carbonyl (C=O) groups excluding carboxylic acids is 2. The second-order valence-corrected chi connectivity index (χ2v) is 7.05. The maximum absolute atomic E-state index is 12.4. The van der Waals surface area contributed by atoms with E-state index in [0.29, 0.717) is 6.42 Å². The van der Waals surface area contributed by atoms with Gasteiger partial charge in [-0.2, -0.15) is 0 Å². The number of nitrogens with one attached hydrogen (secondary N) is 1. The number of benzene rings is 1. The Hall–Kier alpha value is -1.89. The van der Waals surface area contributed by atoms with E-state index in [1.807, 2.05) is 13.8 Å². The first-order valence-electron chi connectivity index (χ1n) is 6.81. The minimum Gasteiger partial charge on any atom is -0.350 e. The smallest absolute Gasteiger partial charge is 0.269 e. The molecule has 0 saturated heterocycles. The molecular formula is C14H18N2O4S. The predicted molar refractivity (Wildman–Crippen MR) is 77.6 cm³/mol. The number of carbonyl (C=O) groups is 2. The first kappa shape index (κ1) is 15.5. The molecule has 2 amide bonds. The van der Waals surface area contributed by atoms with Gasteiger partial charge < -0.3 is 5.32 Å². The molecule has 1 aromatic rings. The van der Waals surface area contributed by atoms with E-state index < -0.39 is 15.9 Å². The Morgan fingerprint density at radius 1 is 1.33 bits per heavy atom. The summed E-state index contributed by atoms with van der Waals surface area (Å²) in [5.41, 5.74) is 0.363. The number of hydrogen-bond acceptors (Lipinski definition) is 4. The molecule has 1 heterocycles. The SMILES string of the molecule is CCCN1C(=O)c2ccc(C(=O)NC(C)C)cc2S1(=O)=O. The zero-order valence-electron chi connectivity index (χ0n) is 12.2. The Morgan fingerprint density at radius 3 is 2.57 bits per heavy atom. The zero-order valence-corrected chi connectivity index (χ0v) is 13.0. The summed E-state index contributed by atoms with van der Waals surface area (Å²) in [7, 11) is -3.84. The molecule has 0 radical (unpaired) electrons. The number of rotatable bonds is 4. The molecule has 0 saturated carbocycles. The van der Waals surface area contributed by atoms with Crippen LogP contribution in [0.2, 0.25) is 0 Å². The van der Waals surface area contributed by atoms with Gasteiger partial charge in [0.2, 0.25) is 0 Å². The van der Waals surface area contributed by atoms with Crippen molar-refractivity contribution in [2.24, 2.45) is 0 Å². The maximum Gasteiger partial charge on any atom is 0.269 e. The maximum atomic E-state index is 12.4. The summed E-state index contributed by atoms with van der Waals surface area (Å²) in [6, 6.07) is 4.09. The third kappa shape index (κ3) is 2.65. The third-order valence-corrected chi connectivity index (χ3v) is 4.94. The molecule has 2 rings (SSSR count). The van der Waals surface area contributed by atoms with Gasteiger partial charge in [-0.25, -0.2) is 12.7 Å². The van der Waals surface area contributed by atoms with E-state index in [0.717, 1.165) is 4.31 Å². The van der Waals surface area contributed by atoms with Crippen molar-refractivity contribution < 1.29 is 18.0 Å². The summed E-state index contributed by atoms with van der Waals surface area (Å²) in [5.74, 6) is -0.882. The van der Waals surface area contributed by atoms with Crippen molar-refractivity contribution in [3.63, 3.8) is 0 Å². The molecule has 0 spiro atoms. The van der Waals surface area contributed by atoms with Crippen molar-refractivity contribution in [2.75, 3.05) is 6.54 Å². The first-order valence-corrected chi connectivity index (χ1v) is 8.25. The third-order valence-electron chi connectivity index (χ3n) is 3.12. The van der Waals surface area contributed by atoms with Crippen LogP contribution in [-0.4, -0.2) is 37.1 Å². The summed E-state index contributed by atoms with van der Waals surface area (Å²) in [6.07, 6.45) is 0.541. The van der Waals surface area contributed by atoms with Gasteiger partial charge in [0.05, 0.1) is 5.56 Å². The highest BCUT2D eigenvalue weighted by atomic mass is 32.2. The molecule has 0 unspecified atom stereocenters. The standard InChI is InChI=1S/C14H18N2O4S/c1-4-7-16-14(18)11-6-5-10(13(17)15-9(2)3)8-12(11)21(16,19)20/h5-6,8-9H,4,7H2,1-3H3,(H,15,17). The van der Waals surface area contributed by atoms with Crippen LogP contribution in [0.1, 0.15) is 47.9 Å². The molecule has 1 aliphatic heterocycles. The minimum absolute atomic E-state index is 0.0550. The van der Waals surface area contributed by atoms with Gasteiger partial charge in [-0.3, -0.25) is 9.59 Å². The molecule has 1 N–H and O–H groups in total. The van der Waals surface area contributed by atoms with Crippen LogP contribution in [0.5, 0.6) is 0 Å². The lowest BCUT2D eigenvalue weighted by Crippen LogP contribution is -2.30. The van der Waals surface area contributed by atoms with E-state index in [4.69, 9.17) is 0 Å². The lowest BCUT2D eigenvalue weighted by Gasteiger charge is -2.13. The summed E-state index contributed by atoms with van der Waals surface area (Å²) in [5, 5.41) is 2.69. The second kappa shape index (κ2) is 5.48. The Labute approximate surface area is 124 Å². The summed E-state index contributed by atoms with van der Waals surface area (Å²) < 4.78 is 25.6. The Morgan fingerprint density at radius 2 is 2.00 bits per heavy atom. The van der Waals surface area contributed by atoms with Gasteiger partial charge >= 0.3 is 0 Å². The van der Waals surface area contributed by atoms with Crippen LogP contribution >= 0.6 is 0 Å². The molecule has 0 fully saturated rings. The van der Waals surface area contributed by atoms with E-state index in [9.17, 15) is 18.0 Å². The van der Waals surface area contributed by atoms with Crippen molar-refractivity contribution in [1.29, 1.82) is 0 Å². The Bertz CT molecular complexity index is 695. The highest BCUT2D eigenvalue weighted by Gasteiger charge is 2.40. The molecule has 1 aliphatic rings. The van der Waals surface area contributed by atoms with Crippen molar-refractivity contribution in [3.8, 4) is 0 Å². The van der Waals surface area contributed by atoms with Crippen LogP contribution in [0.25, 0.3) is 0 Å². The summed E-state index contributed by atoms with van der Waals surface area (Å²) in [6.45, 7) is 5.57. The molecule has 21 heavy (non-hydrogen) atoms. The minimum atomic E-state index is -3.84. The average Bonchev–Trinajstić information content (AvgIpc) is 2.59. The molecule has 6 nitrogen and oxygen atoms in total. The van der Waals surface area contributed by atoms with Crippen molar-refractivity contribution in [2.45, 2.75) is 38.1 Å². The zero-order chi connectivity index (χ0) is 15.8. The van der Waals surface area contributed by atoms with Crippen LogP contribution in [0.15, 0.2) is 23.1 Å². The van der Waals surface area contributed by atoms with E-state index in [-0.39, 0.29) is 34.5 Å². The van der Waals surface area contributed by atoms with E-state index in [2.05, 4.69) is 5.32 Å². The van der Waals surface area contributed by atoms with E-state index in [1.54, 1.807) is 6.92 Å². The van der Waals surface area contributed by atoms with Gasteiger partial charge in [0.25, 0.3) is 21.8 Å². The van der Waals surface area contributed by atoms with Gasteiger partial charge in [0.15, 0.2) is 0 Å². The molecule has 7 heteroatoms. The fourth-order valence-electron chi connectivity index (χ4n) is 2.19.